The first-order chi connectivity index (χ1) is 10.2. The first kappa shape index (κ1) is 18.4. The molecule has 0 bridgehead atoms. The first-order valence-electron chi connectivity index (χ1n) is 7.51. The van der Waals surface area contributed by atoms with Gasteiger partial charge in [-0.15, -0.1) is 0 Å². The molecule has 1 atom stereocenters. The van der Waals surface area contributed by atoms with Crippen molar-refractivity contribution < 1.29 is 14.6 Å². The van der Waals surface area contributed by atoms with Crippen LogP contribution in [0.15, 0.2) is 24.3 Å². The second-order valence-corrected chi connectivity index (χ2v) is 5.32. The molecule has 2 N–H and O–H groups in total. The molecule has 0 radical (unpaired) electrons. The van der Waals surface area contributed by atoms with Crippen molar-refractivity contribution in [2.75, 3.05) is 33.0 Å². The van der Waals surface area contributed by atoms with Crippen LogP contribution in [0, 0.1) is 0 Å². The molecule has 0 saturated heterocycles. The van der Waals surface area contributed by atoms with Crippen molar-refractivity contribution in [3.05, 3.63) is 34.9 Å². The van der Waals surface area contributed by atoms with Crippen LogP contribution in [0.2, 0.25) is 5.02 Å². The summed E-state index contributed by atoms with van der Waals surface area (Å²) >= 11 is 6.05. The molecule has 5 heteroatoms. The summed E-state index contributed by atoms with van der Waals surface area (Å²) in [6, 6.07) is 7.67. The average molecular weight is 316 g/mol. The molecule has 120 valence electrons. The summed E-state index contributed by atoms with van der Waals surface area (Å²) in [7, 11) is 0. The van der Waals surface area contributed by atoms with Crippen LogP contribution in [0.25, 0.3) is 0 Å². The van der Waals surface area contributed by atoms with E-state index in [1.165, 1.54) is 0 Å². The zero-order valence-corrected chi connectivity index (χ0v) is 13.4. The van der Waals surface area contributed by atoms with Crippen molar-refractivity contribution in [1.82, 2.24) is 5.32 Å². The lowest BCUT2D eigenvalue weighted by molar-refractivity contribution is 0.00385. The largest absolute Gasteiger partial charge is 0.389 e. The van der Waals surface area contributed by atoms with Crippen LogP contribution in [-0.4, -0.2) is 44.2 Å². The molecule has 4 nitrogen and oxygen atoms in total. The minimum Gasteiger partial charge on any atom is -0.389 e. The zero-order chi connectivity index (χ0) is 15.3. The number of hydrogen-bond donors (Lipinski definition) is 2. The van der Waals surface area contributed by atoms with Crippen LogP contribution in [0.3, 0.4) is 0 Å². The van der Waals surface area contributed by atoms with E-state index < -0.39 is 6.10 Å². The van der Waals surface area contributed by atoms with E-state index in [0.29, 0.717) is 32.9 Å². The summed E-state index contributed by atoms with van der Waals surface area (Å²) in [5.41, 5.74) is 1.02. The Kier molecular flexibility index (Phi) is 10.5. The topological polar surface area (TPSA) is 50.7 Å². The van der Waals surface area contributed by atoms with Gasteiger partial charge in [-0.25, -0.2) is 0 Å². The van der Waals surface area contributed by atoms with Gasteiger partial charge in [-0.2, -0.15) is 0 Å². The summed E-state index contributed by atoms with van der Waals surface area (Å²) in [4.78, 5) is 0. The molecular weight excluding hydrogens is 290 g/mol. The molecule has 0 amide bonds. The second-order valence-electron chi connectivity index (χ2n) is 4.92. The summed E-state index contributed by atoms with van der Waals surface area (Å²) in [6.45, 7) is 5.43. The molecule has 0 aliphatic heterocycles. The van der Waals surface area contributed by atoms with Crippen LogP contribution in [0.5, 0.6) is 0 Å². The van der Waals surface area contributed by atoms with Gasteiger partial charge < -0.3 is 19.9 Å². The highest BCUT2D eigenvalue weighted by Crippen LogP contribution is 2.14. The summed E-state index contributed by atoms with van der Waals surface area (Å²) in [6.07, 6.45) is 1.69. The molecule has 0 fully saturated rings. The molecule has 1 unspecified atom stereocenters. The minimum atomic E-state index is -0.525. The van der Waals surface area contributed by atoms with Crippen LogP contribution in [-0.2, 0) is 16.0 Å². The standard InChI is InChI=1S/C16H26ClNO3/c1-2-3-8-20-9-10-21-13-15(19)12-18-11-14-6-4-5-7-16(14)17/h4-7,15,18-19H,2-3,8-13H2,1H3. The number of unbranched alkanes of at least 4 members (excludes halogenated alkanes) is 1. The Hall–Kier alpha value is -0.650. The summed E-state index contributed by atoms with van der Waals surface area (Å²) in [5.74, 6) is 0. The zero-order valence-electron chi connectivity index (χ0n) is 12.7. The lowest BCUT2D eigenvalue weighted by atomic mass is 10.2. The van der Waals surface area contributed by atoms with Gasteiger partial charge in [0.15, 0.2) is 0 Å². The van der Waals surface area contributed by atoms with Crippen LogP contribution in [0.4, 0.5) is 0 Å². The Morgan fingerprint density at radius 3 is 2.71 bits per heavy atom. The lowest BCUT2D eigenvalue weighted by Crippen LogP contribution is -2.30. The van der Waals surface area contributed by atoms with Crippen LogP contribution in [0.1, 0.15) is 25.3 Å². The van der Waals surface area contributed by atoms with Crippen molar-refractivity contribution >= 4 is 11.6 Å². The maximum atomic E-state index is 9.78. The highest BCUT2D eigenvalue weighted by atomic mass is 35.5. The van der Waals surface area contributed by atoms with Crippen molar-refractivity contribution in [1.29, 1.82) is 0 Å². The Bertz CT molecular complexity index is 376. The highest BCUT2D eigenvalue weighted by molar-refractivity contribution is 6.31. The number of halogens is 1. The van der Waals surface area contributed by atoms with Crippen molar-refractivity contribution in [3.63, 3.8) is 0 Å². The van der Waals surface area contributed by atoms with Gasteiger partial charge in [-0.1, -0.05) is 43.1 Å². The van der Waals surface area contributed by atoms with E-state index in [1.807, 2.05) is 24.3 Å². The quantitative estimate of drug-likeness (QED) is 0.582. The molecule has 0 aromatic heterocycles. The van der Waals surface area contributed by atoms with E-state index in [-0.39, 0.29) is 0 Å². The highest BCUT2D eigenvalue weighted by Gasteiger charge is 2.05. The fraction of sp³-hybridized carbons (Fsp3) is 0.625. The van der Waals surface area contributed by atoms with E-state index in [4.69, 9.17) is 21.1 Å². The molecule has 1 aromatic carbocycles. The molecule has 0 saturated carbocycles. The van der Waals surface area contributed by atoms with Crippen molar-refractivity contribution in [2.24, 2.45) is 0 Å². The predicted molar refractivity (Wildman–Crippen MR) is 85.7 cm³/mol. The van der Waals surface area contributed by atoms with E-state index >= 15 is 0 Å². The predicted octanol–water partition coefficient (Wildman–Crippen LogP) is 2.62. The van der Waals surface area contributed by atoms with E-state index in [1.54, 1.807) is 0 Å². The molecule has 0 aliphatic rings. The number of ether oxygens (including phenoxy) is 2. The second kappa shape index (κ2) is 12.0. The Morgan fingerprint density at radius 1 is 1.19 bits per heavy atom. The molecule has 21 heavy (non-hydrogen) atoms. The number of benzene rings is 1. The van der Waals surface area contributed by atoms with Gasteiger partial charge in [0.25, 0.3) is 0 Å². The smallest absolute Gasteiger partial charge is 0.0897 e. The number of aliphatic hydroxyl groups excluding tert-OH is 1. The summed E-state index contributed by atoms with van der Waals surface area (Å²) < 4.78 is 10.7. The summed E-state index contributed by atoms with van der Waals surface area (Å²) in [5, 5.41) is 13.7. The number of nitrogens with one attached hydrogen (secondary N) is 1. The SMILES string of the molecule is CCCCOCCOCC(O)CNCc1ccccc1Cl. The van der Waals surface area contributed by atoms with Crippen LogP contribution < -0.4 is 5.32 Å². The van der Waals surface area contributed by atoms with E-state index in [0.717, 1.165) is 30.0 Å². The fourth-order valence-corrected chi connectivity index (χ4v) is 1.96. The number of aliphatic hydroxyl groups is 1. The van der Waals surface area contributed by atoms with Gasteiger partial charge in [0, 0.05) is 24.7 Å². The van der Waals surface area contributed by atoms with Gasteiger partial charge in [0.05, 0.1) is 25.9 Å². The normalized spacial score (nSPS) is 12.5. The van der Waals surface area contributed by atoms with Gasteiger partial charge in [-0.05, 0) is 18.1 Å². The number of hydrogen-bond acceptors (Lipinski definition) is 4. The maximum Gasteiger partial charge on any atom is 0.0897 e. The van der Waals surface area contributed by atoms with Gasteiger partial charge in [0.1, 0.15) is 0 Å². The third-order valence-electron chi connectivity index (χ3n) is 2.98. The maximum absolute atomic E-state index is 9.78. The van der Waals surface area contributed by atoms with Crippen molar-refractivity contribution in [2.45, 2.75) is 32.4 Å². The Balaban J connectivity index is 1.99. The van der Waals surface area contributed by atoms with Crippen molar-refractivity contribution in [3.8, 4) is 0 Å². The first-order valence-corrected chi connectivity index (χ1v) is 7.89. The molecule has 0 heterocycles. The third-order valence-corrected chi connectivity index (χ3v) is 3.35. The van der Waals surface area contributed by atoms with Gasteiger partial charge in [-0.3, -0.25) is 0 Å². The molecule has 0 spiro atoms. The molecule has 0 aliphatic carbocycles. The minimum absolute atomic E-state index is 0.312. The van der Waals surface area contributed by atoms with Gasteiger partial charge >= 0.3 is 0 Å². The molecular formula is C16H26ClNO3. The Morgan fingerprint density at radius 2 is 1.95 bits per heavy atom. The third kappa shape index (κ3) is 9.06. The van der Waals surface area contributed by atoms with Crippen LogP contribution >= 0.6 is 11.6 Å². The monoisotopic (exact) mass is 315 g/mol. The Labute approximate surface area is 132 Å². The number of rotatable bonds is 12. The van der Waals surface area contributed by atoms with E-state index in [9.17, 15) is 5.11 Å². The lowest BCUT2D eigenvalue weighted by Gasteiger charge is -2.13. The average Bonchev–Trinajstić information content (AvgIpc) is 2.48. The molecule has 1 rings (SSSR count). The fourth-order valence-electron chi connectivity index (χ4n) is 1.76. The van der Waals surface area contributed by atoms with Gasteiger partial charge in [0.2, 0.25) is 0 Å². The van der Waals surface area contributed by atoms with E-state index in [2.05, 4.69) is 12.2 Å². The molecule has 1 aromatic rings.